The molecule has 3 rings (SSSR count). The van der Waals surface area contributed by atoms with Crippen LogP contribution in [0.25, 0.3) is 0 Å². The SMILES string of the molecule is C[C@H](NC(=O)CN1CCC[C@H](Cn2cncn2)C1)c1ccco1. The van der Waals surface area contributed by atoms with Crippen molar-refractivity contribution < 1.29 is 9.21 Å². The number of carbonyl (C=O) groups excluding carboxylic acids is 1. The van der Waals surface area contributed by atoms with Gasteiger partial charge in [0, 0.05) is 13.1 Å². The number of carbonyl (C=O) groups is 1. The maximum atomic E-state index is 12.2. The first kappa shape index (κ1) is 15.7. The summed E-state index contributed by atoms with van der Waals surface area (Å²) in [6.45, 7) is 5.11. The van der Waals surface area contributed by atoms with Gasteiger partial charge in [0.15, 0.2) is 0 Å². The van der Waals surface area contributed by atoms with Crippen molar-refractivity contribution >= 4 is 5.91 Å². The Hall–Kier alpha value is -2.15. The molecular formula is C16H23N5O2. The number of piperidine rings is 1. The average Bonchev–Trinajstić information content (AvgIpc) is 3.20. The lowest BCUT2D eigenvalue weighted by atomic mass is 9.98. The number of hydrogen-bond donors (Lipinski definition) is 1. The zero-order valence-electron chi connectivity index (χ0n) is 13.4. The van der Waals surface area contributed by atoms with Crippen molar-refractivity contribution in [3.05, 3.63) is 36.8 Å². The van der Waals surface area contributed by atoms with Crippen LogP contribution in [-0.2, 0) is 11.3 Å². The quantitative estimate of drug-likeness (QED) is 0.873. The van der Waals surface area contributed by atoms with Crippen LogP contribution >= 0.6 is 0 Å². The first-order chi connectivity index (χ1) is 11.2. The Morgan fingerprint density at radius 3 is 3.22 bits per heavy atom. The summed E-state index contributed by atoms with van der Waals surface area (Å²) in [4.78, 5) is 18.4. The minimum Gasteiger partial charge on any atom is -0.467 e. The van der Waals surface area contributed by atoms with E-state index < -0.39 is 0 Å². The highest BCUT2D eigenvalue weighted by molar-refractivity contribution is 5.78. The van der Waals surface area contributed by atoms with Crippen LogP contribution in [0.1, 0.15) is 31.6 Å². The second-order valence-electron chi connectivity index (χ2n) is 6.17. The molecule has 7 nitrogen and oxygen atoms in total. The topological polar surface area (TPSA) is 76.2 Å². The molecule has 2 aromatic rings. The predicted molar refractivity (Wildman–Crippen MR) is 84.5 cm³/mol. The Balaban J connectivity index is 1.46. The second-order valence-corrected chi connectivity index (χ2v) is 6.17. The largest absolute Gasteiger partial charge is 0.467 e. The molecule has 0 spiro atoms. The zero-order valence-corrected chi connectivity index (χ0v) is 13.4. The summed E-state index contributed by atoms with van der Waals surface area (Å²) in [7, 11) is 0. The van der Waals surface area contributed by atoms with Gasteiger partial charge in [0.25, 0.3) is 0 Å². The molecule has 0 bridgehead atoms. The first-order valence-corrected chi connectivity index (χ1v) is 8.08. The van der Waals surface area contributed by atoms with Gasteiger partial charge in [-0.15, -0.1) is 0 Å². The molecule has 124 valence electrons. The van der Waals surface area contributed by atoms with Crippen LogP contribution in [0.3, 0.4) is 0 Å². The van der Waals surface area contributed by atoms with Crippen LogP contribution in [-0.4, -0.2) is 45.2 Å². The van der Waals surface area contributed by atoms with E-state index in [4.69, 9.17) is 4.42 Å². The summed E-state index contributed by atoms with van der Waals surface area (Å²) >= 11 is 0. The molecule has 0 radical (unpaired) electrons. The van der Waals surface area contributed by atoms with Crippen molar-refractivity contribution in [2.45, 2.75) is 32.4 Å². The summed E-state index contributed by atoms with van der Waals surface area (Å²) in [5.74, 6) is 1.33. The Morgan fingerprint density at radius 1 is 1.57 bits per heavy atom. The molecule has 2 atom stereocenters. The van der Waals surface area contributed by atoms with Crippen LogP contribution in [0, 0.1) is 5.92 Å². The first-order valence-electron chi connectivity index (χ1n) is 8.08. The van der Waals surface area contributed by atoms with Gasteiger partial charge < -0.3 is 9.73 Å². The van der Waals surface area contributed by atoms with Gasteiger partial charge in [0.2, 0.25) is 5.91 Å². The number of rotatable bonds is 6. The van der Waals surface area contributed by atoms with E-state index in [0.717, 1.165) is 31.8 Å². The number of furan rings is 1. The van der Waals surface area contributed by atoms with E-state index in [1.54, 1.807) is 18.9 Å². The van der Waals surface area contributed by atoms with Crippen LogP contribution in [0.4, 0.5) is 0 Å². The lowest BCUT2D eigenvalue weighted by Gasteiger charge is -2.32. The molecule has 0 unspecified atom stereocenters. The summed E-state index contributed by atoms with van der Waals surface area (Å²) in [6.07, 6.45) is 7.21. The van der Waals surface area contributed by atoms with Crippen LogP contribution in [0.2, 0.25) is 0 Å². The molecule has 3 heterocycles. The van der Waals surface area contributed by atoms with Crippen molar-refractivity contribution in [2.75, 3.05) is 19.6 Å². The fourth-order valence-corrected chi connectivity index (χ4v) is 3.13. The smallest absolute Gasteiger partial charge is 0.234 e. The Morgan fingerprint density at radius 2 is 2.48 bits per heavy atom. The summed E-state index contributed by atoms with van der Waals surface area (Å²) in [5.41, 5.74) is 0. The number of nitrogens with zero attached hydrogens (tertiary/aromatic N) is 4. The van der Waals surface area contributed by atoms with Gasteiger partial charge in [0.1, 0.15) is 18.4 Å². The Kier molecular flexibility index (Phi) is 5.07. The average molecular weight is 317 g/mol. The van der Waals surface area contributed by atoms with E-state index in [0.29, 0.717) is 12.5 Å². The lowest BCUT2D eigenvalue weighted by molar-refractivity contribution is -0.123. The lowest BCUT2D eigenvalue weighted by Crippen LogP contribution is -2.43. The number of amides is 1. The number of nitrogens with one attached hydrogen (secondary N) is 1. The third kappa shape index (κ3) is 4.41. The molecule has 1 amide bonds. The molecule has 0 saturated carbocycles. The van der Waals surface area contributed by atoms with E-state index in [9.17, 15) is 4.79 Å². The van der Waals surface area contributed by atoms with Gasteiger partial charge in [0.05, 0.1) is 18.8 Å². The van der Waals surface area contributed by atoms with Crippen molar-refractivity contribution in [1.29, 1.82) is 0 Å². The van der Waals surface area contributed by atoms with E-state index in [-0.39, 0.29) is 11.9 Å². The van der Waals surface area contributed by atoms with Gasteiger partial charge >= 0.3 is 0 Å². The Labute approximate surface area is 135 Å². The molecule has 0 aromatic carbocycles. The van der Waals surface area contributed by atoms with Gasteiger partial charge in [-0.1, -0.05) is 0 Å². The fraction of sp³-hybridized carbons (Fsp3) is 0.562. The molecule has 1 N–H and O–H groups in total. The third-order valence-corrected chi connectivity index (χ3v) is 4.23. The molecule has 1 saturated heterocycles. The van der Waals surface area contributed by atoms with Crippen LogP contribution in [0.5, 0.6) is 0 Å². The minimum atomic E-state index is -0.103. The normalized spacial score (nSPS) is 20.3. The highest BCUT2D eigenvalue weighted by atomic mass is 16.3. The van der Waals surface area contributed by atoms with E-state index in [1.807, 2.05) is 23.7 Å². The molecule has 23 heavy (non-hydrogen) atoms. The van der Waals surface area contributed by atoms with Crippen molar-refractivity contribution in [3.63, 3.8) is 0 Å². The molecule has 0 aliphatic carbocycles. The number of aromatic nitrogens is 3. The van der Waals surface area contributed by atoms with Crippen LogP contribution in [0.15, 0.2) is 35.5 Å². The minimum absolute atomic E-state index is 0.0373. The van der Waals surface area contributed by atoms with Crippen molar-refractivity contribution in [1.82, 2.24) is 25.0 Å². The van der Waals surface area contributed by atoms with Gasteiger partial charge in [-0.05, 0) is 44.4 Å². The van der Waals surface area contributed by atoms with Gasteiger partial charge in [-0.2, -0.15) is 5.10 Å². The number of hydrogen-bond acceptors (Lipinski definition) is 5. The third-order valence-electron chi connectivity index (χ3n) is 4.23. The summed E-state index contributed by atoms with van der Waals surface area (Å²) in [5, 5.41) is 7.15. The molecular weight excluding hydrogens is 294 g/mol. The maximum absolute atomic E-state index is 12.2. The molecule has 1 aliphatic heterocycles. The monoisotopic (exact) mass is 317 g/mol. The summed E-state index contributed by atoms with van der Waals surface area (Å²) in [6, 6.07) is 3.60. The number of likely N-dealkylation sites (tertiary alicyclic amines) is 1. The summed E-state index contributed by atoms with van der Waals surface area (Å²) < 4.78 is 7.19. The molecule has 1 aliphatic rings. The van der Waals surface area contributed by atoms with E-state index in [2.05, 4.69) is 20.3 Å². The maximum Gasteiger partial charge on any atom is 0.234 e. The van der Waals surface area contributed by atoms with Crippen molar-refractivity contribution in [3.8, 4) is 0 Å². The Bertz CT molecular complexity index is 596. The molecule has 2 aromatic heterocycles. The van der Waals surface area contributed by atoms with E-state index >= 15 is 0 Å². The predicted octanol–water partition coefficient (Wildman–Crippen LogP) is 1.46. The highest BCUT2D eigenvalue weighted by Crippen LogP contribution is 2.18. The highest BCUT2D eigenvalue weighted by Gasteiger charge is 2.23. The molecule has 7 heteroatoms. The zero-order chi connectivity index (χ0) is 16.1. The van der Waals surface area contributed by atoms with Crippen molar-refractivity contribution in [2.24, 2.45) is 5.92 Å². The standard InChI is InChI=1S/C16H23N5O2/c1-13(15-5-3-7-23-15)19-16(22)10-20-6-2-4-14(8-20)9-21-12-17-11-18-21/h3,5,7,11-14H,2,4,6,8-10H2,1H3,(H,19,22)/t13-,14-/m0/s1. The van der Waals surface area contributed by atoms with Gasteiger partial charge in [-0.3, -0.25) is 14.4 Å². The van der Waals surface area contributed by atoms with Crippen LogP contribution < -0.4 is 5.32 Å². The fourth-order valence-electron chi connectivity index (χ4n) is 3.13. The van der Waals surface area contributed by atoms with E-state index in [1.165, 1.54) is 6.42 Å². The van der Waals surface area contributed by atoms with Gasteiger partial charge in [-0.25, -0.2) is 4.98 Å². The second kappa shape index (κ2) is 7.41. The molecule has 1 fully saturated rings.